The number of aromatic nitrogens is 1. The number of anilines is 1. The molecule has 2 aliphatic heterocycles. The van der Waals surface area contributed by atoms with Crippen LogP contribution in [0.5, 0.6) is 0 Å². The third-order valence-electron chi connectivity index (χ3n) is 6.90. The van der Waals surface area contributed by atoms with E-state index in [-0.39, 0.29) is 16.4 Å². The fourth-order valence-corrected chi connectivity index (χ4v) is 6.34. The minimum absolute atomic E-state index is 0.145. The Morgan fingerprint density at radius 1 is 1.03 bits per heavy atom. The number of hydrogen-bond acceptors (Lipinski definition) is 5. The molecule has 3 heterocycles. The Bertz CT molecular complexity index is 1550. The van der Waals surface area contributed by atoms with Gasteiger partial charge >= 0.3 is 5.97 Å². The van der Waals surface area contributed by atoms with Crippen molar-refractivity contribution in [2.45, 2.75) is 18.7 Å². The summed E-state index contributed by atoms with van der Waals surface area (Å²) in [6.45, 7) is 5.15. The molecule has 1 N–H and O–H groups in total. The number of aryl methyl sites for hydroxylation is 1. The lowest BCUT2D eigenvalue weighted by molar-refractivity contribution is -0.112. The third-order valence-corrected chi connectivity index (χ3v) is 8.80. The molecule has 3 aromatic rings. The molecule has 2 aliphatic rings. The molecule has 0 aliphatic carbocycles. The van der Waals surface area contributed by atoms with Gasteiger partial charge in [0.05, 0.1) is 29.4 Å². The number of aromatic carboxylic acids is 1. The van der Waals surface area contributed by atoms with E-state index in [2.05, 4.69) is 0 Å². The normalized spacial score (nSPS) is 17.4. The highest BCUT2D eigenvalue weighted by Gasteiger charge is 2.33. The highest BCUT2D eigenvalue weighted by Crippen LogP contribution is 2.39. The number of carbonyl (C=O) groups excluding carboxylic acids is 1. The maximum atomic E-state index is 13.3. The van der Waals surface area contributed by atoms with Crippen molar-refractivity contribution in [1.29, 1.82) is 0 Å². The molecule has 37 heavy (non-hydrogen) atoms. The summed E-state index contributed by atoms with van der Waals surface area (Å²) >= 11 is 0. The lowest BCUT2D eigenvalue weighted by Crippen LogP contribution is -2.40. The molecule has 1 aromatic heterocycles. The molecule has 1 saturated heterocycles. The smallest absolute Gasteiger partial charge is 0.335 e. The number of carbonyl (C=O) groups is 2. The summed E-state index contributed by atoms with van der Waals surface area (Å²) in [4.78, 5) is 26.1. The van der Waals surface area contributed by atoms with Crippen molar-refractivity contribution in [2.75, 3.05) is 38.3 Å². The molecule has 10 heteroatoms. The van der Waals surface area contributed by atoms with Crippen molar-refractivity contribution >= 4 is 39.2 Å². The van der Waals surface area contributed by atoms with Gasteiger partial charge in [-0.1, -0.05) is 0 Å². The Kier molecular flexibility index (Phi) is 6.26. The second-order valence-corrected chi connectivity index (χ2v) is 11.1. The van der Waals surface area contributed by atoms with Crippen LogP contribution in [0.2, 0.25) is 0 Å². The van der Waals surface area contributed by atoms with Crippen molar-refractivity contribution in [2.24, 2.45) is 0 Å². The summed E-state index contributed by atoms with van der Waals surface area (Å²) < 4.78 is 35.2. The van der Waals surface area contributed by atoms with Crippen LogP contribution in [0.25, 0.3) is 17.3 Å². The number of likely N-dealkylation sites (N-methyl/N-ethyl adjacent to an activating group) is 1. The zero-order valence-corrected chi connectivity index (χ0v) is 21.6. The summed E-state index contributed by atoms with van der Waals surface area (Å²) in [6.07, 6.45) is 1.79. The predicted molar refractivity (Wildman–Crippen MR) is 140 cm³/mol. The van der Waals surface area contributed by atoms with Crippen LogP contribution < -0.4 is 4.90 Å². The number of nitrogens with zero attached hydrogens (tertiary/aromatic N) is 3. The van der Waals surface area contributed by atoms with Crippen LogP contribution in [-0.2, 0) is 19.6 Å². The quantitative estimate of drug-likeness (QED) is 0.516. The first-order valence-electron chi connectivity index (χ1n) is 11.8. The minimum atomic E-state index is -3.72. The highest BCUT2D eigenvalue weighted by atomic mass is 32.2. The topological polar surface area (TPSA) is 109 Å². The standard InChI is InChI=1S/C27H27N3O6S/c1-17-14-20(18(2)30(17)21-6-4-19(5-7-21)27(32)33)15-24-23-16-22(8-9-25(23)28(3)26(24)31)37(34,35)29-10-12-36-13-11-29/h4-9,14-16H,10-13H2,1-3H3,(H,32,33). The molecule has 0 radical (unpaired) electrons. The molecule has 192 valence electrons. The van der Waals surface area contributed by atoms with Crippen molar-refractivity contribution in [3.8, 4) is 5.69 Å². The molecule has 0 spiro atoms. The average molecular weight is 522 g/mol. The maximum Gasteiger partial charge on any atom is 0.335 e. The van der Waals surface area contributed by atoms with E-state index in [1.807, 2.05) is 24.5 Å². The second-order valence-electron chi connectivity index (χ2n) is 9.13. The van der Waals surface area contributed by atoms with Gasteiger partial charge in [0.25, 0.3) is 5.91 Å². The zero-order chi connectivity index (χ0) is 26.5. The Morgan fingerprint density at radius 2 is 1.70 bits per heavy atom. The number of carboxylic acid groups (broad SMARTS) is 1. The molecule has 9 nitrogen and oxygen atoms in total. The molecule has 0 saturated carbocycles. The van der Waals surface area contributed by atoms with Crippen LogP contribution in [-0.4, -0.2) is 67.6 Å². The number of rotatable bonds is 5. The molecule has 2 aromatic carbocycles. The Hall–Kier alpha value is -3.73. The Morgan fingerprint density at radius 3 is 2.35 bits per heavy atom. The van der Waals surface area contributed by atoms with E-state index in [0.29, 0.717) is 43.1 Å². The molecule has 0 bridgehead atoms. The summed E-state index contributed by atoms with van der Waals surface area (Å²) in [5.74, 6) is -1.21. The van der Waals surface area contributed by atoms with E-state index in [4.69, 9.17) is 4.74 Å². The number of carboxylic acids is 1. The fraction of sp³-hybridized carbons (Fsp3) is 0.259. The number of ether oxygens (including phenoxy) is 1. The number of benzene rings is 2. The van der Waals surface area contributed by atoms with Gasteiger partial charge in [-0.05, 0) is 74.0 Å². The van der Waals surface area contributed by atoms with Gasteiger partial charge < -0.3 is 19.3 Å². The average Bonchev–Trinajstić information content (AvgIpc) is 3.31. The first-order chi connectivity index (χ1) is 17.6. The van der Waals surface area contributed by atoms with Gasteiger partial charge in [0.2, 0.25) is 10.0 Å². The van der Waals surface area contributed by atoms with Crippen LogP contribution in [0.15, 0.2) is 53.4 Å². The second kappa shape index (κ2) is 9.29. The number of fused-ring (bicyclic) bond motifs is 1. The van der Waals surface area contributed by atoms with Gasteiger partial charge in [0.1, 0.15) is 0 Å². The molecule has 5 rings (SSSR count). The van der Waals surface area contributed by atoms with Gasteiger partial charge in [-0.15, -0.1) is 0 Å². The molecular formula is C27H27N3O6S. The Labute approximate surface area is 215 Å². The first-order valence-corrected chi connectivity index (χ1v) is 13.3. The predicted octanol–water partition coefficient (Wildman–Crippen LogP) is 3.33. The summed E-state index contributed by atoms with van der Waals surface area (Å²) in [7, 11) is -2.05. The van der Waals surface area contributed by atoms with Crippen LogP contribution >= 0.6 is 0 Å². The number of amides is 1. The SMILES string of the molecule is Cc1cc(C=C2C(=O)N(C)c3ccc(S(=O)(=O)N4CCOCC4)cc32)c(C)n1-c1ccc(C(=O)O)cc1. The highest BCUT2D eigenvalue weighted by molar-refractivity contribution is 7.89. The third kappa shape index (κ3) is 4.26. The van der Waals surface area contributed by atoms with Crippen LogP contribution in [0.1, 0.15) is 32.9 Å². The van der Waals surface area contributed by atoms with Gasteiger partial charge in [-0.3, -0.25) is 4.79 Å². The van der Waals surface area contributed by atoms with Crippen molar-refractivity contribution < 1.29 is 27.9 Å². The Balaban J connectivity index is 1.56. The van der Waals surface area contributed by atoms with Crippen LogP contribution in [0, 0.1) is 13.8 Å². The lowest BCUT2D eigenvalue weighted by Gasteiger charge is -2.26. The van der Waals surface area contributed by atoms with Gasteiger partial charge in [0.15, 0.2) is 0 Å². The van der Waals surface area contributed by atoms with Crippen LogP contribution in [0.3, 0.4) is 0 Å². The molecule has 1 fully saturated rings. The fourth-order valence-electron chi connectivity index (χ4n) is 4.90. The molecule has 0 atom stereocenters. The molecule has 1 amide bonds. The number of morpholine rings is 1. The lowest BCUT2D eigenvalue weighted by atomic mass is 10.0. The van der Waals surface area contributed by atoms with Gasteiger partial charge in [0, 0.05) is 48.3 Å². The monoisotopic (exact) mass is 521 g/mol. The minimum Gasteiger partial charge on any atom is -0.478 e. The summed E-state index contributed by atoms with van der Waals surface area (Å²) in [6, 6.07) is 13.3. The van der Waals surface area contributed by atoms with E-state index in [0.717, 1.165) is 22.6 Å². The number of sulfonamides is 1. The molecule has 0 unspecified atom stereocenters. The maximum absolute atomic E-state index is 13.3. The zero-order valence-electron chi connectivity index (χ0n) is 20.8. The van der Waals surface area contributed by atoms with Crippen molar-refractivity contribution in [3.05, 3.63) is 76.6 Å². The number of hydrogen-bond donors (Lipinski definition) is 1. The van der Waals surface area contributed by atoms with E-state index in [9.17, 15) is 23.1 Å². The van der Waals surface area contributed by atoms with E-state index in [1.54, 1.807) is 55.6 Å². The summed E-state index contributed by atoms with van der Waals surface area (Å²) in [5.41, 5.74) is 5.23. The summed E-state index contributed by atoms with van der Waals surface area (Å²) in [5, 5.41) is 9.19. The van der Waals surface area contributed by atoms with Crippen LogP contribution in [0.4, 0.5) is 5.69 Å². The van der Waals surface area contributed by atoms with Crippen molar-refractivity contribution in [1.82, 2.24) is 8.87 Å². The largest absolute Gasteiger partial charge is 0.478 e. The molecular weight excluding hydrogens is 494 g/mol. The van der Waals surface area contributed by atoms with E-state index < -0.39 is 16.0 Å². The van der Waals surface area contributed by atoms with Gasteiger partial charge in [-0.25, -0.2) is 13.2 Å². The first kappa shape index (κ1) is 24.9. The van der Waals surface area contributed by atoms with Crippen molar-refractivity contribution in [3.63, 3.8) is 0 Å². The van der Waals surface area contributed by atoms with Gasteiger partial charge in [-0.2, -0.15) is 4.31 Å². The van der Waals surface area contributed by atoms with E-state index in [1.165, 1.54) is 9.21 Å². The van der Waals surface area contributed by atoms with E-state index >= 15 is 0 Å².